The predicted octanol–water partition coefficient (Wildman–Crippen LogP) is 5.04. The summed E-state index contributed by atoms with van der Waals surface area (Å²) in [7, 11) is 3.92. The second kappa shape index (κ2) is 7.74. The summed E-state index contributed by atoms with van der Waals surface area (Å²) < 4.78 is 0. The average molecular weight is 372 g/mol. The third-order valence-electron chi connectivity index (χ3n) is 5.51. The van der Waals surface area contributed by atoms with Crippen LogP contribution in [0.4, 0.5) is 5.69 Å². The van der Waals surface area contributed by atoms with Crippen molar-refractivity contribution in [2.24, 2.45) is 5.41 Å². The van der Waals surface area contributed by atoms with Crippen LogP contribution in [-0.4, -0.2) is 25.2 Å². The van der Waals surface area contributed by atoms with Gasteiger partial charge in [-0.2, -0.15) is 5.26 Å². The van der Waals surface area contributed by atoms with Gasteiger partial charge in [0.05, 0.1) is 6.07 Å². The first kappa shape index (κ1) is 19.4. The van der Waals surface area contributed by atoms with Crippen LogP contribution in [0.25, 0.3) is 10.8 Å². The third kappa shape index (κ3) is 3.20. The molecule has 3 rings (SSSR count). The molecule has 3 aromatic carbocycles. The molecular weight excluding hydrogens is 348 g/mol. The number of nitrogens with zero attached hydrogens (tertiary/aromatic N) is 2. The monoisotopic (exact) mass is 372 g/mol. The van der Waals surface area contributed by atoms with Crippen LogP contribution in [-0.2, 0) is 4.79 Å². The maximum Gasteiger partial charge on any atom is 0.325 e. The number of benzene rings is 3. The topological polar surface area (TPSA) is 64.3 Å². The maximum absolute atomic E-state index is 12.4. The number of aliphatic carboxylic acids is 1. The van der Waals surface area contributed by atoms with Gasteiger partial charge in [-0.1, -0.05) is 61.5 Å². The summed E-state index contributed by atoms with van der Waals surface area (Å²) in [5, 5.41) is 22.1. The molecule has 0 radical (unpaired) electrons. The van der Waals surface area contributed by atoms with Gasteiger partial charge in [0.25, 0.3) is 0 Å². The molecule has 0 bridgehead atoms. The Morgan fingerprint density at radius 2 is 1.71 bits per heavy atom. The van der Waals surface area contributed by atoms with Crippen molar-refractivity contribution in [1.82, 2.24) is 0 Å². The Bertz CT molecular complexity index is 1030. The molecule has 1 N–H and O–H groups in total. The molecule has 0 amide bonds. The number of nitriles is 1. The minimum Gasteiger partial charge on any atom is -0.480 e. The van der Waals surface area contributed by atoms with E-state index in [1.807, 2.05) is 85.7 Å². The number of carboxylic acids is 1. The normalized spacial score (nSPS) is 14.1. The van der Waals surface area contributed by atoms with E-state index in [4.69, 9.17) is 0 Å². The second-order valence-electron chi connectivity index (χ2n) is 7.23. The molecule has 142 valence electrons. The van der Waals surface area contributed by atoms with Crippen molar-refractivity contribution in [1.29, 1.82) is 5.26 Å². The van der Waals surface area contributed by atoms with Crippen molar-refractivity contribution in [2.75, 3.05) is 19.0 Å². The largest absolute Gasteiger partial charge is 0.480 e. The van der Waals surface area contributed by atoms with Gasteiger partial charge in [0.2, 0.25) is 0 Å². The lowest BCUT2D eigenvalue weighted by atomic mass is 9.67. The van der Waals surface area contributed by atoms with Crippen LogP contribution in [0.5, 0.6) is 0 Å². The zero-order valence-electron chi connectivity index (χ0n) is 16.4. The molecule has 0 saturated carbocycles. The molecule has 0 aliphatic rings. The Morgan fingerprint density at radius 3 is 2.29 bits per heavy atom. The lowest BCUT2D eigenvalue weighted by Gasteiger charge is -2.32. The van der Waals surface area contributed by atoms with Crippen LogP contribution in [0.3, 0.4) is 0 Å². The first-order valence-corrected chi connectivity index (χ1v) is 9.34. The first-order valence-electron chi connectivity index (χ1n) is 9.34. The molecule has 0 saturated heterocycles. The van der Waals surface area contributed by atoms with E-state index in [-0.39, 0.29) is 6.42 Å². The van der Waals surface area contributed by atoms with Gasteiger partial charge in [0, 0.05) is 25.7 Å². The molecule has 3 aromatic rings. The predicted molar refractivity (Wildman–Crippen MR) is 113 cm³/mol. The molecule has 2 unspecified atom stereocenters. The fraction of sp³-hybridized carbons (Fsp3) is 0.250. The highest BCUT2D eigenvalue weighted by atomic mass is 16.4. The molecule has 28 heavy (non-hydrogen) atoms. The van der Waals surface area contributed by atoms with Gasteiger partial charge in [-0.25, -0.2) is 0 Å². The number of anilines is 1. The van der Waals surface area contributed by atoms with E-state index in [2.05, 4.69) is 6.07 Å². The van der Waals surface area contributed by atoms with E-state index in [1.165, 1.54) is 0 Å². The molecule has 0 aliphatic heterocycles. The Labute approximate surface area is 165 Å². The molecule has 4 heteroatoms. The summed E-state index contributed by atoms with van der Waals surface area (Å²) in [5.41, 5.74) is 1.16. The van der Waals surface area contributed by atoms with Gasteiger partial charge >= 0.3 is 5.97 Å². The van der Waals surface area contributed by atoms with Crippen molar-refractivity contribution in [3.63, 3.8) is 0 Å². The van der Waals surface area contributed by atoms with Crippen molar-refractivity contribution in [3.8, 4) is 6.07 Å². The highest BCUT2D eigenvalue weighted by Crippen LogP contribution is 2.46. The van der Waals surface area contributed by atoms with Gasteiger partial charge in [0.1, 0.15) is 0 Å². The number of hydrogen-bond acceptors (Lipinski definition) is 3. The summed E-state index contributed by atoms with van der Waals surface area (Å²) in [4.78, 5) is 14.3. The maximum atomic E-state index is 12.4. The third-order valence-corrected chi connectivity index (χ3v) is 5.51. The molecule has 0 aliphatic carbocycles. The second-order valence-corrected chi connectivity index (χ2v) is 7.23. The summed E-state index contributed by atoms with van der Waals surface area (Å²) in [6.45, 7) is 1.77. The smallest absolute Gasteiger partial charge is 0.325 e. The highest BCUT2D eigenvalue weighted by molar-refractivity contribution is 5.89. The Morgan fingerprint density at radius 1 is 1.07 bits per heavy atom. The minimum atomic E-state index is -1.55. The van der Waals surface area contributed by atoms with Crippen molar-refractivity contribution in [2.45, 2.75) is 19.3 Å². The highest BCUT2D eigenvalue weighted by Gasteiger charge is 2.47. The van der Waals surface area contributed by atoms with Gasteiger partial charge < -0.3 is 10.0 Å². The van der Waals surface area contributed by atoms with E-state index < -0.39 is 17.3 Å². The van der Waals surface area contributed by atoms with Crippen molar-refractivity contribution in [3.05, 3.63) is 77.9 Å². The van der Waals surface area contributed by atoms with Crippen molar-refractivity contribution >= 4 is 22.4 Å². The molecule has 0 aromatic heterocycles. The molecule has 0 heterocycles. The number of hydrogen-bond donors (Lipinski definition) is 1. The van der Waals surface area contributed by atoms with Crippen LogP contribution >= 0.6 is 0 Å². The lowest BCUT2D eigenvalue weighted by Crippen LogP contribution is -2.36. The fourth-order valence-corrected chi connectivity index (χ4v) is 3.87. The molecule has 0 fully saturated rings. The summed E-state index contributed by atoms with van der Waals surface area (Å²) in [5.74, 6) is -1.67. The van der Waals surface area contributed by atoms with Crippen LogP contribution < -0.4 is 4.90 Å². The van der Waals surface area contributed by atoms with Crippen LogP contribution in [0, 0.1) is 16.7 Å². The lowest BCUT2D eigenvalue weighted by molar-refractivity contribution is -0.146. The standard InChI is InChI=1S/C24H24N2O2/c1-4-24(16-25,23(27)28)22(18-12-14-19(15-13-18)26(2)3)21-11-7-9-17-8-5-6-10-20(17)21/h5-15,22H,4H2,1-3H3,(H,27,28). The zero-order valence-corrected chi connectivity index (χ0v) is 16.4. The fourth-order valence-electron chi connectivity index (χ4n) is 3.87. The Kier molecular flexibility index (Phi) is 5.37. The van der Waals surface area contributed by atoms with E-state index in [1.54, 1.807) is 6.92 Å². The van der Waals surface area contributed by atoms with Crippen LogP contribution in [0.1, 0.15) is 30.4 Å². The van der Waals surface area contributed by atoms with E-state index in [0.29, 0.717) is 0 Å². The van der Waals surface area contributed by atoms with E-state index in [0.717, 1.165) is 27.6 Å². The molecule has 2 atom stereocenters. The van der Waals surface area contributed by atoms with Gasteiger partial charge in [0.15, 0.2) is 5.41 Å². The summed E-state index contributed by atoms with van der Waals surface area (Å²) >= 11 is 0. The number of fused-ring (bicyclic) bond motifs is 1. The first-order chi connectivity index (χ1) is 13.4. The van der Waals surface area contributed by atoms with E-state index in [9.17, 15) is 15.2 Å². The Hall–Kier alpha value is -3.32. The van der Waals surface area contributed by atoms with Gasteiger partial charge in [-0.3, -0.25) is 4.79 Å². The zero-order chi connectivity index (χ0) is 20.3. The number of rotatable bonds is 6. The van der Waals surface area contributed by atoms with E-state index >= 15 is 0 Å². The number of carbonyl (C=O) groups is 1. The van der Waals surface area contributed by atoms with Gasteiger partial charge in [-0.15, -0.1) is 0 Å². The minimum absolute atomic E-state index is 0.210. The van der Waals surface area contributed by atoms with Crippen LogP contribution in [0.15, 0.2) is 66.7 Å². The Balaban J connectivity index is 2.31. The summed E-state index contributed by atoms with van der Waals surface area (Å²) in [6.07, 6.45) is 0.210. The SMILES string of the molecule is CCC(C#N)(C(=O)O)C(c1ccc(N(C)C)cc1)c1cccc2ccccc12. The van der Waals surface area contributed by atoms with Gasteiger partial charge in [-0.05, 0) is 40.5 Å². The quantitative estimate of drug-likeness (QED) is 0.658. The molecule has 4 nitrogen and oxygen atoms in total. The average Bonchev–Trinajstić information content (AvgIpc) is 2.71. The number of carboxylic acid groups (broad SMARTS) is 1. The van der Waals surface area contributed by atoms with Crippen molar-refractivity contribution < 1.29 is 9.90 Å². The molecule has 0 spiro atoms. The molecular formula is C24H24N2O2. The van der Waals surface area contributed by atoms with Crippen LogP contribution in [0.2, 0.25) is 0 Å². The summed E-state index contributed by atoms with van der Waals surface area (Å²) in [6, 6.07) is 23.7.